The van der Waals surface area contributed by atoms with Crippen LogP contribution < -0.4 is 5.32 Å². The zero-order valence-electron chi connectivity index (χ0n) is 10.5. The molecule has 3 nitrogen and oxygen atoms in total. The highest BCUT2D eigenvalue weighted by Gasteiger charge is 2.23. The summed E-state index contributed by atoms with van der Waals surface area (Å²) in [5.41, 5.74) is 0. The average Bonchev–Trinajstić information content (AvgIpc) is 2.83. The van der Waals surface area contributed by atoms with Crippen molar-refractivity contribution in [3.8, 4) is 0 Å². The number of methoxy groups -OCH3 is 1. The van der Waals surface area contributed by atoms with Crippen molar-refractivity contribution in [2.45, 2.75) is 50.7 Å². The lowest BCUT2D eigenvalue weighted by Crippen LogP contribution is -2.87. The minimum absolute atomic E-state index is 0.536. The van der Waals surface area contributed by atoms with E-state index in [1.807, 2.05) is 7.11 Å². The van der Waals surface area contributed by atoms with E-state index in [-0.39, 0.29) is 0 Å². The molecule has 2 fully saturated rings. The highest BCUT2D eigenvalue weighted by molar-refractivity contribution is 4.71. The van der Waals surface area contributed by atoms with E-state index in [9.17, 15) is 0 Å². The van der Waals surface area contributed by atoms with E-state index in [1.165, 1.54) is 51.6 Å². The lowest BCUT2D eigenvalue weighted by Gasteiger charge is -2.26. The molecule has 0 radical (unpaired) electrons. The molecule has 16 heavy (non-hydrogen) atoms. The van der Waals surface area contributed by atoms with Gasteiger partial charge in [-0.25, -0.2) is 0 Å². The third-order valence-corrected chi connectivity index (χ3v) is 4.08. The van der Waals surface area contributed by atoms with E-state index in [4.69, 9.17) is 9.47 Å². The van der Waals surface area contributed by atoms with Crippen LogP contribution in [0.4, 0.5) is 0 Å². The smallest absolute Gasteiger partial charge is 0.106 e. The molecule has 1 atom stereocenters. The molecule has 0 aromatic rings. The Morgan fingerprint density at radius 2 is 1.94 bits per heavy atom. The van der Waals surface area contributed by atoms with Crippen molar-refractivity contribution < 1.29 is 14.8 Å². The third-order valence-electron chi connectivity index (χ3n) is 4.08. The van der Waals surface area contributed by atoms with Crippen LogP contribution in [-0.4, -0.2) is 39.0 Å². The summed E-state index contributed by atoms with van der Waals surface area (Å²) >= 11 is 0. The van der Waals surface area contributed by atoms with Crippen molar-refractivity contribution in [1.29, 1.82) is 0 Å². The minimum Gasteiger partial charge on any atom is -0.381 e. The summed E-state index contributed by atoms with van der Waals surface area (Å²) in [5, 5.41) is 2.47. The van der Waals surface area contributed by atoms with Gasteiger partial charge in [-0.2, -0.15) is 0 Å². The van der Waals surface area contributed by atoms with Crippen LogP contribution in [0.25, 0.3) is 0 Å². The molecule has 1 saturated carbocycles. The first-order valence-electron chi connectivity index (χ1n) is 6.84. The summed E-state index contributed by atoms with van der Waals surface area (Å²) in [6.45, 7) is 3.44. The Hall–Kier alpha value is -0.120. The Labute approximate surface area is 98.9 Å². The molecule has 2 rings (SSSR count). The first-order chi connectivity index (χ1) is 7.88. The lowest BCUT2D eigenvalue weighted by atomic mass is 9.87. The second kappa shape index (κ2) is 6.58. The van der Waals surface area contributed by atoms with Crippen LogP contribution >= 0.6 is 0 Å². The zero-order chi connectivity index (χ0) is 11.2. The molecule has 94 valence electrons. The number of quaternary nitrogens is 1. The normalized spacial score (nSPS) is 35.4. The molecule has 1 saturated heterocycles. The van der Waals surface area contributed by atoms with Gasteiger partial charge in [0.2, 0.25) is 0 Å². The Morgan fingerprint density at radius 3 is 2.56 bits per heavy atom. The van der Waals surface area contributed by atoms with Crippen LogP contribution in [-0.2, 0) is 9.47 Å². The van der Waals surface area contributed by atoms with Gasteiger partial charge in [0.25, 0.3) is 0 Å². The van der Waals surface area contributed by atoms with Crippen molar-refractivity contribution in [3.63, 3.8) is 0 Å². The van der Waals surface area contributed by atoms with Gasteiger partial charge >= 0.3 is 0 Å². The molecule has 0 unspecified atom stereocenters. The van der Waals surface area contributed by atoms with E-state index in [1.54, 1.807) is 0 Å². The second-order valence-corrected chi connectivity index (χ2v) is 5.27. The molecule has 0 spiro atoms. The largest absolute Gasteiger partial charge is 0.381 e. The third kappa shape index (κ3) is 3.72. The predicted molar refractivity (Wildman–Crippen MR) is 63.4 cm³/mol. The highest BCUT2D eigenvalue weighted by atomic mass is 16.5. The van der Waals surface area contributed by atoms with Gasteiger partial charge in [0.15, 0.2) is 0 Å². The first kappa shape index (κ1) is 12.3. The van der Waals surface area contributed by atoms with Gasteiger partial charge in [-0.05, 0) is 38.5 Å². The van der Waals surface area contributed by atoms with Crippen molar-refractivity contribution in [1.82, 2.24) is 0 Å². The molecule has 1 heterocycles. The van der Waals surface area contributed by atoms with Gasteiger partial charge < -0.3 is 14.8 Å². The monoisotopic (exact) mass is 228 g/mol. The quantitative estimate of drug-likeness (QED) is 0.760. The molecule has 0 amide bonds. The molecular weight excluding hydrogens is 202 g/mol. The molecule has 1 aliphatic carbocycles. The average molecular weight is 228 g/mol. The summed E-state index contributed by atoms with van der Waals surface area (Å²) in [4.78, 5) is 0. The number of ether oxygens (including phenoxy) is 2. The van der Waals surface area contributed by atoms with Crippen LogP contribution in [0, 0.1) is 5.92 Å². The molecular formula is C13H26NO2+. The maximum Gasteiger partial charge on any atom is 0.106 e. The van der Waals surface area contributed by atoms with Gasteiger partial charge in [-0.1, -0.05) is 0 Å². The molecule has 0 aromatic heterocycles. The van der Waals surface area contributed by atoms with Crippen LogP contribution in [0.3, 0.4) is 0 Å². The Balaban J connectivity index is 1.53. The fraction of sp³-hybridized carbons (Fsp3) is 1.00. The lowest BCUT2D eigenvalue weighted by molar-refractivity contribution is -0.666. The number of nitrogens with two attached hydrogens (primary N) is 1. The summed E-state index contributed by atoms with van der Waals surface area (Å²) in [6.07, 6.45) is 8.82. The second-order valence-electron chi connectivity index (χ2n) is 5.27. The van der Waals surface area contributed by atoms with E-state index in [0.29, 0.717) is 12.2 Å². The number of hydrogen-bond acceptors (Lipinski definition) is 2. The fourth-order valence-corrected chi connectivity index (χ4v) is 2.95. The van der Waals surface area contributed by atoms with E-state index >= 15 is 0 Å². The van der Waals surface area contributed by atoms with E-state index in [2.05, 4.69) is 5.32 Å². The minimum atomic E-state index is 0.536. The van der Waals surface area contributed by atoms with Crippen molar-refractivity contribution in [3.05, 3.63) is 0 Å². The topological polar surface area (TPSA) is 35.1 Å². The summed E-state index contributed by atoms with van der Waals surface area (Å²) in [6, 6.07) is 0. The van der Waals surface area contributed by atoms with E-state index in [0.717, 1.165) is 12.5 Å². The molecule has 0 aromatic carbocycles. The molecule has 0 bridgehead atoms. The maximum absolute atomic E-state index is 5.63. The summed E-state index contributed by atoms with van der Waals surface area (Å²) in [7, 11) is 1.84. The molecule has 1 aliphatic heterocycles. The molecule has 2 aliphatic rings. The fourth-order valence-electron chi connectivity index (χ4n) is 2.95. The van der Waals surface area contributed by atoms with Crippen LogP contribution in [0.5, 0.6) is 0 Å². The Morgan fingerprint density at radius 1 is 1.12 bits per heavy atom. The molecule has 2 N–H and O–H groups in total. The first-order valence-corrected chi connectivity index (χ1v) is 6.84. The van der Waals surface area contributed by atoms with Crippen LogP contribution in [0.15, 0.2) is 0 Å². The maximum atomic E-state index is 5.63. The predicted octanol–water partition coefficient (Wildman–Crippen LogP) is 0.934. The Kier molecular flexibility index (Phi) is 5.07. The van der Waals surface area contributed by atoms with Gasteiger partial charge in [-0.15, -0.1) is 0 Å². The van der Waals surface area contributed by atoms with Gasteiger partial charge in [0.1, 0.15) is 12.6 Å². The van der Waals surface area contributed by atoms with Gasteiger partial charge in [0, 0.05) is 19.6 Å². The highest BCUT2D eigenvalue weighted by Crippen LogP contribution is 2.24. The van der Waals surface area contributed by atoms with Crippen LogP contribution in [0.1, 0.15) is 38.5 Å². The SMILES string of the molecule is COC1CCC(C[NH2+]C[C@H]2CCCO2)CC1. The molecule has 3 heteroatoms. The van der Waals surface area contributed by atoms with E-state index < -0.39 is 0 Å². The standard InChI is InChI=1S/C13H25NO2/c1-15-12-6-4-11(5-7-12)9-14-10-13-3-2-8-16-13/h11-14H,2-10H2,1H3/p+1/t11?,12?,13-/m1/s1. The Bertz CT molecular complexity index is 184. The zero-order valence-corrected chi connectivity index (χ0v) is 10.5. The summed E-state index contributed by atoms with van der Waals surface area (Å²) < 4.78 is 11.0. The van der Waals surface area contributed by atoms with Crippen molar-refractivity contribution >= 4 is 0 Å². The summed E-state index contributed by atoms with van der Waals surface area (Å²) in [5.74, 6) is 0.910. The van der Waals surface area contributed by atoms with Gasteiger partial charge in [0.05, 0.1) is 12.6 Å². The number of hydrogen-bond donors (Lipinski definition) is 1. The van der Waals surface area contributed by atoms with Gasteiger partial charge in [-0.3, -0.25) is 0 Å². The van der Waals surface area contributed by atoms with Crippen molar-refractivity contribution in [2.75, 3.05) is 26.8 Å². The number of rotatable bonds is 5. The van der Waals surface area contributed by atoms with Crippen LogP contribution in [0.2, 0.25) is 0 Å². The van der Waals surface area contributed by atoms with Crippen molar-refractivity contribution in [2.24, 2.45) is 5.92 Å².